The van der Waals surface area contributed by atoms with Gasteiger partial charge in [-0.3, -0.25) is 0 Å². The van der Waals surface area contributed by atoms with Gasteiger partial charge in [-0.25, -0.2) is 0 Å². The molecule has 0 aromatic heterocycles. The van der Waals surface area contributed by atoms with Crippen LogP contribution in [-0.4, -0.2) is 0 Å². The third-order valence-corrected chi connectivity index (χ3v) is 3.65. The van der Waals surface area contributed by atoms with Gasteiger partial charge in [0.15, 0.2) is 0 Å². The Balaban J connectivity index is 5.02. The second-order valence-electron chi connectivity index (χ2n) is 4.99. The lowest BCUT2D eigenvalue weighted by Crippen LogP contribution is -2.29. The lowest BCUT2D eigenvalue weighted by molar-refractivity contribution is 0.134. The van der Waals surface area contributed by atoms with Crippen molar-refractivity contribution in [2.75, 3.05) is 0 Å². The summed E-state index contributed by atoms with van der Waals surface area (Å²) in [5.41, 5.74) is 0.101. The Bertz CT molecular complexity index is 305. The minimum absolute atomic E-state index is 0.101. The fraction of sp³-hybridized carbons (Fsp3) is 0.643. The summed E-state index contributed by atoms with van der Waals surface area (Å²) in [6, 6.07) is 0. The Labute approximate surface area is 99.6 Å². The monoisotopic (exact) mass is 221 g/mol. The molecule has 0 aliphatic rings. The van der Waals surface area contributed by atoms with E-state index in [2.05, 4.69) is 34.6 Å². The molecule has 0 radical (unpaired) electrons. The van der Waals surface area contributed by atoms with Gasteiger partial charge in [0.05, 0.1) is 0 Å². The summed E-state index contributed by atoms with van der Waals surface area (Å²) in [4.78, 5) is 0. The van der Waals surface area contributed by atoms with Gasteiger partial charge in [0.2, 0.25) is 0 Å². The summed E-state index contributed by atoms with van der Waals surface area (Å²) in [5, 5.41) is 8.65. The Kier molecular flexibility index (Phi) is 5.88. The molecule has 0 fully saturated rings. The van der Waals surface area contributed by atoms with Gasteiger partial charge in [0, 0.05) is 5.92 Å². The highest BCUT2D eigenvalue weighted by Gasteiger charge is 2.32. The Morgan fingerprint density at radius 3 is 2.25 bits per heavy atom. The highest BCUT2D eigenvalue weighted by Crippen LogP contribution is 2.39. The summed E-state index contributed by atoms with van der Waals surface area (Å²) in [5.74, 6) is 1.47. The van der Waals surface area contributed by atoms with E-state index in [1.165, 1.54) is 0 Å². The molecule has 0 rings (SSSR count). The number of nitriles is 1. The smallest absolute Gasteiger partial charge is 0.291 e. The zero-order valence-electron chi connectivity index (χ0n) is 11.2. The van der Waals surface area contributed by atoms with Crippen LogP contribution in [0.4, 0.5) is 0 Å². The van der Waals surface area contributed by atoms with Gasteiger partial charge in [-0.1, -0.05) is 46.8 Å². The summed E-state index contributed by atoms with van der Waals surface area (Å²) in [6.07, 6.45) is 7.47. The van der Waals surface area contributed by atoms with E-state index in [1.54, 1.807) is 6.26 Å². The van der Waals surface area contributed by atoms with Crippen LogP contribution >= 0.6 is 0 Å². The van der Waals surface area contributed by atoms with Crippen molar-refractivity contribution in [2.45, 2.75) is 41.5 Å². The van der Waals surface area contributed by atoms with Crippen molar-refractivity contribution >= 4 is 0 Å². The third kappa shape index (κ3) is 3.73. The molecule has 0 aromatic rings. The molecule has 0 heterocycles. The number of hydrogen-bond acceptors (Lipinski definition) is 2. The molecule has 1 unspecified atom stereocenters. The summed E-state index contributed by atoms with van der Waals surface area (Å²) in [7, 11) is 0. The van der Waals surface area contributed by atoms with Crippen LogP contribution < -0.4 is 0 Å². The highest BCUT2D eigenvalue weighted by atomic mass is 16.5. The molecular formula is C14H23NO. The van der Waals surface area contributed by atoms with E-state index >= 15 is 0 Å². The van der Waals surface area contributed by atoms with Crippen LogP contribution in [0, 0.1) is 28.8 Å². The lowest BCUT2D eigenvalue weighted by Gasteiger charge is -2.35. The van der Waals surface area contributed by atoms with Crippen molar-refractivity contribution in [3.05, 3.63) is 24.0 Å². The number of hydrogen-bond donors (Lipinski definition) is 0. The van der Waals surface area contributed by atoms with E-state index in [9.17, 15) is 0 Å². The molecule has 2 heteroatoms. The molecular weight excluding hydrogens is 198 g/mol. The predicted molar refractivity (Wildman–Crippen MR) is 67.4 cm³/mol. The molecule has 0 amide bonds. The molecule has 90 valence electrons. The molecule has 2 nitrogen and oxygen atoms in total. The van der Waals surface area contributed by atoms with Gasteiger partial charge in [0.1, 0.15) is 5.76 Å². The molecule has 0 aliphatic carbocycles. The van der Waals surface area contributed by atoms with Crippen LogP contribution in [0.2, 0.25) is 0 Å². The van der Waals surface area contributed by atoms with Crippen molar-refractivity contribution in [3.63, 3.8) is 0 Å². The quantitative estimate of drug-likeness (QED) is 0.395. The first-order valence-electron chi connectivity index (χ1n) is 5.76. The van der Waals surface area contributed by atoms with Crippen LogP contribution in [-0.2, 0) is 4.74 Å². The van der Waals surface area contributed by atoms with Crippen LogP contribution in [0.5, 0.6) is 0 Å². The van der Waals surface area contributed by atoms with Gasteiger partial charge in [-0.05, 0) is 24.3 Å². The third-order valence-electron chi connectivity index (χ3n) is 3.65. The zero-order chi connectivity index (χ0) is 12.8. The number of rotatable bonds is 5. The molecule has 1 atom stereocenters. The Hall–Kier alpha value is -1.23. The van der Waals surface area contributed by atoms with Crippen molar-refractivity contribution < 1.29 is 4.74 Å². The number of ether oxygens (including phenoxy) is 1. The number of nitrogens with zero attached hydrogens (tertiary/aromatic N) is 1. The Morgan fingerprint density at radius 1 is 1.31 bits per heavy atom. The fourth-order valence-electron chi connectivity index (χ4n) is 1.38. The molecule has 0 aliphatic heterocycles. The Morgan fingerprint density at radius 2 is 1.88 bits per heavy atom. The molecule has 16 heavy (non-hydrogen) atoms. The molecule has 0 spiro atoms. The van der Waals surface area contributed by atoms with Gasteiger partial charge < -0.3 is 4.74 Å². The van der Waals surface area contributed by atoms with Gasteiger partial charge >= 0.3 is 0 Å². The average Bonchev–Trinajstić information content (AvgIpc) is 2.22. The van der Waals surface area contributed by atoms with E-state index in [1.807, 2.05) is 25.2 Å². The van der Waals surface area contributed by atoms with Crippen LogP contribution in [0.1, 0.15) is 41.5 Å². The second-order valence-corrected chi connectivity index (χ2v) is 4.99. The maximum atomic E-state index is 8.65. The van der Waals surface area contributed by atoms with Gasteiger partial charge in [0.25, 0.3) is 6.26 Å². The molecule has 0 saturated carbocycles. The van der Waals surface area contributed by atoms with E-state index < -0.39 is 0 Å². The van der Waals surface area contributed by atoms with Crippen LogP contribution in [0.15, 0.2) is 24.0 Å². The lowest BCUT2D eigenvalue weighted by atomic mass is 9.70. The molecule has 0 aromatic carbocycles. The highest BCUT2D eigenvalue weighted by molar-refractivity contribution is 5.12. The van der Waals surface area contributed by atoms with Crippen molar-refractivity contribution in [3.8, 4) is 6.26 Å². The second kappa shape index (κ2) is 6.37. The largest absolute Gasteiger partial charge is 0.392 e. The zero-order valence-corrected chi connectivity index (χ0v) is 11.2. The first-order chi connectivity index (χ1) is 7.37. The summed E-state index contributed by atoms with van der Waals surface area (Å²) >= 11 is 0. The normalized spacial score (nSPS) is 15.2. The van der Waals surface area contributed by atoms with Gasteiger partial charge in [-0.2, -0.15) is 0 Å². The SMILES string of the molecule is C/C=C\C=C(\OC#N)C(C)C(C)(C)C(C)C. The van der Waals surface area contributed by atoms with E-state index in [0.29, 0.717) is 5.92 Å². The van der Waals surface area contributed by atoms with Gasteiger partial charge in [-0.15, -0.1) is 5.26 Å². The van der Waals surface area contributed by atoms with Crippen molar-refractivity contribution in [1.29, 1.82) is 5.26 Å². The summed E-state index contributed by atoms with van der Waals surface area (Å²) < 4.78 is 5.06. The van der Waals surface area contributed by atoms with Crippen LogP contribution in [0.3, 0.4) is 0 Å². The minimum Gasteiger partial charge on any atom is -0.392 e. The summed E-state index contributed by atoms with van der Waals surface area (Å²) in [6.45, 7) is 12.8. The van der Waals surface area contributed by atoms with Crippen molar-refractivity contribution in [2.24, 2.45) is 17.3 Å². The first-order valence-corrected chi connectivity index (χ1v) is 5.76. The molecule has 0 saturated heterocycles. The predicted octanol–water partition coefficient (Wildman–Crippen LogP) is 4.26. The maximum absolute atomic E-state index is 8.65. The van der Waals surface area contributed by atoms with E-state index in [4.69, 9.17) is 10.00 Å². The van der Waals surface area contributed by atoms with Crippen molar-refractivity contribution in [1.82, 2.24) is 0 Å². The standard InChI is InChI=1S/C14H23NO/c1-7-8-9-13(16-10-15)12(4)14(5,6)11(2)3/h7-9,11-12H,1-6H3/b8-7-,13-9+. The van der Waals surface area contributed by atoms with E-state index in [0.717, 1.165) is 5.76 Å². The average molecular weight is 221 g/mol. The first kappa shape index (κ1) is 14.8. The minimum atomic E-state index is 0.101. The molecule has 0 bridgehead atoms. The van der Waals surface area contributed by atoms with E-state index in [-0.39, 0.29) is 11.3 Å². The maximum Gasteiger partial charge on any atom is 0.291 e. The van der Waals surface area contributed by atoms with Crippen LogP contribution in [0.25, 0.3) is 0 Å². The fourth-order valence-corrected chi connectivity index (χ4v) is 1.38. The topological polar surface area (TPSA) is 33.0 Å². The molecule has 0 N–H and O–H groups in total. The number of allylic oxidation sites excluding steroid dienone is 4.